The van der Waals surface area contributed by atoms with Crippen molar-refractivity contribution in [3.8, 4) is 0 Å². The molecule has 0 bridgehead atoms. The van der Waals surface area contributed by atoms with Crippen molar-refractivity contribution >= 4 is 6.09 Å². The lowest BCUT2D eigenvalue weighted by Gasteiger charge is -2.43. The molecule has 15 nitrogen and oxygen atoms in total. The fourth-order valence-corrected chi connectivity index (χ4v) is 6.94. The molecule has 0 aliphatic carbocycles. The summed E-state index contributed by atoms with van der Waals surface area (Å²) < 4.78 is 28.5. The fraction of sp³-hybridized carbons (Fsp3) is 0.658. The molecule has 3 saturated heterocycles. The van der Waals surface area contributed by atoms with E-state index in [1.165, 1.54) is 0 Å². The molecule has 15 heteroatoms. The molecule has 3 aliphatic heterocycles. The van der Waals surface area contributed by atoms with Gasteiger partial charge in [0, 0.05) is 43.3 Å². The van der Waals surface area contributed by atoms with Crippen LogP contribution in [-0.4, -0.2) is 159 Å². The van der Waals surface area contributed by atoms with Crippen LogP contribution in [0.5, 0.6) is 0 Å². The van der Waals surface area contributed by atoms with Crippen LogP contribution < -0.4 is 5.32 Å². The number of nitrogens with zero attached hydrogens (tertiary/aromatic N) is 2. The number of hydrogen-bond acceptors (Lipinski definition) is 14. The molecule has 10 atom stereocenters. The summed E-state index contributed by atoms with van der Waals surface area (Å²) in [5.74, 6) is 0. The molecule has 3 aliphatic rings. The maximum Gasteiger partial charge on any atom is 0.407 e. The van der Waals surface area contributed by atoms with E-state index in [0.717, 1.165) is 0 Å². The van der Waals surface area contributed by atoms with E-state index in [4.69, 9.17) is 23.7 Å². The molecule has 6 unspecified atom stereocenters. The molecule has 7 N–H and O–H groups in total. The van der Waals surface area contributed by atoms with Gasteiger partial charge in [-0.15, -0.1) is 0 Å². The first kappa shape index (κ1) is 41.4. The lowest BCUT2D eigenvalue weighted by molar-refractivity contribution is -0.285. The second-order valence-electron chi connectivity index (χ2n) is 15.1. The number of likely N-dealkylation sites (tertiary alicyclic amines) is 1. The standard InChI is InChI=1S/C38H57N3O12/c1-38(2,3)53-37(48)39-16-19-40-17-14-26(15-18-40)41(20-27(42)31(46)33-29(44)22-49-35(51-33)24-10-6-4-7-11-24)21-28(43)32(47)34-30(45)23-50-36(52-34)25-12-8-5-9-13-25/h4-13,26-36,42-47H,14-23H2,1-3H3,(H,39,48)/t27?,28?,29-,30-,31?,32?,33-,34-,35?,36?/m1/s1. The molecule has 0 aromatic heterocycles. The Morgan fingerprint density at radius 2 is 1.26 bits per heavy atom. The van der Waals surface area contributed by atoms with Crippen molar-refractivity contribution in [2.75, 3.05) is 52.5 Å². The lowest BCUT2D eigenvalue weighted by atomic mass is 9.96. The maximum absolute atomic E-state index is 12.1. The Kier molecular flexibility index (Phi) is 15.0. The average molecular weight is 748 g/mol. The maximum atomic E-state index is 12.1. The van der Waals surface area contributed by atoms with E-state index in [1.807, 2.05) is 41.3 Å². The summed E-state index contributed by atoms with van der Waals surface area (Å²) in [6, 6.07) is 18.0. The van der Waals surface area contributed by atoms with Crippen LogP contribution in [0.2, 0.25) is 0 Å². The Balaban J connectivity index is 1.24. The van der Waals surface area contributed by atoms with Gasteiger partial charge in [-0.05, 0) is 46.7 Å². The first-order valence-corrected chi connectivity index (χ1v) is 18.4. The zero-order chi connectivity index (χ0) is 38.1. The van der Waals surface area contributed by atoms with Gasteiger partial charge in [0.2, 0.25) is 0 Å². The Hall–Kier alpha value is -2.77. The number of benzene rings is 2. The normalized spacial score (nSPS) is 28.6. The van der Waals surface area contributed by atoms with E-state index < -0.39 is 73.1 Å². The van der Waals surface area contributed by atoms with Crippen molar-refractivity contribution in [1.82, 2.24) is 15.1 Å². The van der Waals surface area contributed by atoms with Crippen LogP contribution in [0, 0.1) is 0 Å². The number of aliphatic hydroxyl groups is 6. The molecule has 0 saturated carbocycles. The van der Waals surface area contributed by atoms with Gasteiger partial charge < -0.3 is 64.5 Å². The van der Waals surface area contributed by atoms with E-state index in [1.54, 1.807) is 45.0 Å². The number of ether oxygens (including phenoxy) is 5. The summed E-state index contributed by atoms with van der Waals surface area (Å²) in [6.07, 6.45) is -11.6. The average Bonchev–Trinajstić information content (AvgIpc) is 3.14. The largest absolute Gasteiger partial charge is 0.444 e. The van der Waals surface area contributed by atoms with Gasteiger partial charge in [-0.1, -0.05) is 60.7 Å². The number of nitrogens with one attached hydrogen (secondary N) is 1. The van der Waals surface area contributed by atoms with Gasteiger partial charge in [-0.2, -0.15) is 0 Å². The number of piperidine rings is 1. The van der Waals surface area contributed by atoms with Crippen LogP contribution in [0.15, 0.2) is 60.7 Å². The molecule has 5 rings (SSSR count). The van der Waals surface area contributed by atoms with Gasteiger partial charge in [0.15, 0.2) is 12.6 Å². The second-order valence-corrected chi connectivity index (χ2v) is 15.1. The van der Waals surface area contributed by atoms with Crippen molar-refractivity contribution in [3.63, 3.8) is 0 Å². The Bertz CT molecular complexity index is 1300. The highest BCUT2D eigenvalue weighted by molar-refractivity contribution is 5.67. The number of rotatable bonds is 14. The summed E-state index contributed by atoms with van der Waals surface area (Å²) in [7, 11) is 0. The van der Waals surface area contributed by atoms with Crippen molar-refractivity contribution in [3.05, 3.63) is 71.8 Å². The number of carbonyl (C=O) groups is 1. The SMILES string of the molecule is CC(C)(C)OC(=O)NCCN1CCC(N(CC(O)C(O)[C@@H]2OC(c3ccccc3)OC[C@H]2O)CC(O)C(O)[C@@H]2OC(c3ccccc3)OC[C@H]2O)CC1. The number of alkyl carbamates (subject to hydrolysis) is 1. The molecule has 0 radical (unpaired) electrons. The predicted molar refractivity (Wildman–Crippen MR) is 191 cm³/mol. The van der Waals surface area contributed by atoms with Crippen LogP contribution >= 0.6 is 0 Å². The molecule has 0 spiro atoms. The zero-order valence-corrected chi connectivity index (χ0v) is 30.7. The summed E-state index contributed by atoms with van der Waals surface area (Å²) in [5.41, 5.74) is 0.800. The molecular formula is C38H57N3O12. The van der Waals surface area contributed by atoms with Crippen molar-refractivity contribution < 1.29 is 59.1 Å². The summed E-state index contributed by atoms with van der Waals surface area (Å²) in [6.45, 7) is 7.23. The third-order valence-corrected chi connectivity index (χ3v) is 9.77. The highest BCUT2D eigenvalue weighted by atomic mass is 16.7. The van der Waals surface area contributed by atoms with E-state index >= 15 is 0 Å². The summed E-state index contributed by atoms with van der Waals surface area (Å²) in [4.78, 5) is 16.1. The van der Waals surface area contributed by atoms with Crippen LogP contribution in [0.25, 0.3) is 0 Å². The molecule has 3 heterocycles. The van der Waals surface area contributed by atoms with Crippen molar-refractivity contribution in [1.29, 1.82) is 0 Å². The minimum absolute atomic E-state index is 0.110. The smallest absolute Gasteiger partial charge is 0.407 e. The van der Waals surface area contributed by atoms with Gasteiger partial charge >= 0.3 is 6.09 Å². The number of aliphatic hydroxyl groups excluding tert-OH is 6. The van der Waals surface area contributed by atoms with E-state index in [-0.39, 0.29) is 32.3 Å². The first-order valence-electron chi connectivity index (χ1n) is 18.4. The third kappa shape index (κ3) is 11.9. The predicted octanol–water partition coefficient (Wildman–Crippen LogP) is 0.671. The summed E-state index contributed by atoms with van der Waals surface area (Å²) >= 11 is 0. The van der Waals surface area contributed by atoms with Crippen LogP contribution in [0.4, 0.5) is 4.79 Å². The fourth-order valence-electron chi connectivity index (χ4n) is 6.94. The van der Waals surface area contributed by atoms with Crippen LogP contribution in [0.1, 0.15) is 57.3 Å². The highest BCUT2D eigenvalue weighted by Gasteiger charge is 2.43. The number of carbonyl (C=O) groups excluding carboxylic acids is 1. The first-order chi connectivity index (χ1) is 25.3. The molecular weight excluding hydrogens is 690 g/mol. The zero-order valence-electron chi connectivity index (χ0n) is 30.7. The minimum Gasteiger partial charge on any atom is -0.444 e. The molecule has 2 aromatic carbocycles. The van der Waals surface area contributed by atoms with E-state index in [2.05, 4.69) is 10.2 Å². The van der Waals surface area contributed by atoms with Gasteiger partial charge in [-0.25, -0.2) is 4.79 Å². The van der Waals surface area contributed by atoms with E-state index in [0.29, 0.717) is 50.1 Å². The topological polar surface area (TPSA) is 203 Å². The van der Waals surface area contributed by atoms with Gasteiger partial charge in [-0.3, -0.25) is 4.90 Å². The number of hydrogen-bond donors (Lipinski definition) is 7. The van der Waals surface area contributed by atoms with Gasteiger partial charge in [0.25, 0.3) is 0 Å². The Morgan fingerprint density at radius 3 is 1.70 bits per heavy atom. The summed E-state index contributed by atoms with van der Waals surface area (Å²) in [5, 5.41) is 69.8. The molecule has 53 heavy (non-hydrogen) atoms. The molecule has 2 aromatic rings. The van der Waals surface area contributed by atoms with E-state index in [9.17, 15) is 35.4 Å². The lowest BCUT2D eigenvalue weighted by Crippen LogP contribution is -2.58. The quantitative estimate of drug-likeness (QED) is 0.142. The Morgan fingerprint density at radius 1 is 0.811 bits per heavy atom. The van der Waals surface area contributed by atoms with Crippen molar-refractivity contribution in [2.24, 2.45) is 0 Å². The van der Waals surface area contributed by atoms with Crippen LogP contribution in [0.3, 0.4) is 0 Å². The van der Waals surface area contributed by atoms with Gasteiger partial charge in [0.1, 0.15) is 42.2 Å². The second kappa shape index (κ2) is 19.2. The third-order valence-electron chi connectivity index (χ3n) is 9.77. The number of amides is 1. The van der Waals surface area contributed by atoms with Gasteiger partial charge in [0.05, 0.1) is 25.4 Å². The van der Waals surface area contributed by atoms with Crippen LogP contribution in [-0.2, 0) is 23.7 Å². The van der Waals surface area contributed by atoms with Crippen molar-refractivity contribution in [2.45, 2.75) is 107 Å². The highest BCUT2D eigenvalue weighted by Crippen LogP contribution is 2.31. The minimum atomic E-state index is -1.52. The molecule has 296 valence electrons. The Labute approximate surface area is 311 Å². The molecule has 1 amide bonds. The monoisotopic (exact) mass is 747 g/mol. The molecule has 3 fully saturated rings.